The molecule has 1 amide bonds. The van der Waals surface area contributed by atoms with Crippen LogP contribution in [0.25, 0.3) is 11.3 Å². The van der Waals surface area contributed by atoms with Gasteiger partial charge >= 0.3 is 0 Å². The number of ether oxygens (including phenoxy) is 1. The summed E-state index contributed by atoms with van der Waals surface area (Å²) >= 11 is 6.18. The van der Waals surface area contributed by atoms with Crippen molar-refractivity contribution in [2.45, 2.75) is 20.0 Å². The van der Waals surface area contributed by atoms with Crippen LogP contribution in [-0.2, 0) is 13.1 Å². The fourth-order valence-corrected chi connectivity index (χ4v) is 2.76. The molecule has 2 aromatic heterocycles. The molecule has 0 aliphatic heterocycles. The predicted octanol–water partition coefficient (Wildman–Crippen LogP) is 3.23. The van der Waals surface area contributed by atoms with Crippen molar-refractivity contribution in [3.05, 3.63) is 52.9 Å². The van der Waals surface area contributed by atoms with Crippen molar-refractivity contribution < 1.29 is 9.53 Å². The van der Waals surface area contributed by atoms with Crippen molar-refractivity contribution in [1.82, 2.24) is 24.9 Å². The van der Waals surface area contributed by atoms with E-state index in [-0.39, 0.29) is 5.91 Å². The van der Waals surface area contributed by atoms with E-state index in [0.29, 0.717) is 28.6 Å². The van der Waals surface area contributed by atoms with Crippen LogP contribution in [0.4, 0.5) is 0 Å². The normalized spacial score (nSPS) is 10.8. The number of carbonyl (C=O) groups excluding carboxylic acids is 1. The van der Waals surface area contributed by atoms with Crippen LogP contribution in [-0.4, -0.2) is 44.9 Å². The minimum Gasteiger partial charge on any atom is -0.497 e. The van der Waals surface area contributed by atoms with E-state index in [4.69, 9.17) is 16.3 Å². The van der Waals surface area contributed by atoms with Gasteiger partial charge in [-0.25, -0.2) is 0 Å². The van der Waals surface area contributed by atoms with Crippen molar-refractivity contribution in [2.24, 2.45) is 0 Å². The third-order valence-corrected chi connectivity index (χ3v) is 4.35. The second-order valence-electron chi connectivity index (χ2n) is 5.84. The van der Waals surface area contributed by atoms with Crippen LogP contribution in [0.5, 0.6) is 5.75 Å². The summed E-state index contributed by atoms with van der Waals surface area (Å²) in [5.74, 6) is 0.586. The molecule has 0 spiro atoms. The number of methoxy groups -OCH3 is 1. The first-order valence-electron chi connectivity index (χ1n) is 8.19. The quantitative estimate of drug-likeness (QED) is 0.719. The van der Waals surface area contributed by atoms with E-state index in [9.17, 15) is 4.79 Å². The maximum Gasteiger partial charge on any atom is 0.271 e. The Morgan fingerprint density at radius 1 is 1.35 bits per heavy atom. The number of halogens is 1. The molecule has 0 saturated carbocycles. The van der Waals surface area contributed by atoms with Crippen LogP contribution in [0.15, 0.2) is 36.5 Å². The number of aryl methyl sites for hydroxylation is 1. The van der Waals surface area contributed by atoms with E-state index in [2.05, 4.69) is 15.3 Å². The fraction of sp³-hybridized carbons (Fsp3) is 0.278. The second-order valence-corrected chi connectivity index (χ2v) is 6.24. The molecule has 0 bridgehead atoms. The van der Waals surface area contributed by atoms with Gasteiger partial charge in [0.2, 0.25) is 0 Å². The zero-order chi connectivity index (χ0) is 18.7. The molecule has 8 heteroatoms. The van der Waals surface area contributed by atoms with Crippen LogP contribution in [0.2, 0.25) is 5.02 Å². The summed E-state index contributed by atoms with van der Waals surface area (Å²) in [7, 11) is 3.32. The summed E-state index contributed by atoms with van der Waals surface area (Å²) in [4.78, 5) is 14.2. The SMILES string of the molecule is CCn1cc(Cl)c(CN(C)C(=O)c2cc(-c3ccc(OC)cc3)n[nH]2)n1. The van der Waals surface area contributed by atoms with Crippen LogP contribution in [0, 0.1) is 0 Å². The zero-order valence-electron chi connectivity index (χ0n) is 14.9. The summed E-state index contributed by atoms with van der Waals surface area (Å²) in [6, 6.07) is 9.22. The van der Waals surface area contributed by atoms with Gasteiger partial charge in [0.05, 0.1) is 24.4 Å². The smallest absolute Gasteiger partial charge is 0.271 e. The van der Waals surface area contributed by atoms with E-state index < -0.39 is 0 Å². The number of rotatable bonds is 6. The molecule has 26 heavy (non-hydrogen) atoms. The van der Waals surface area contributed by atoms with Crippen LogP contribution in [0.3, 0.4) is 0 Å². The van der Waals surface area contributed by atoms with E-state index in [1.807, 2.05) is 31.2 Å². The van der Waals surface area contributed by atoms with Crippen LogP contribution < -0.4 is 4.74 Å². The molecule has 0 saturated heterocycles. The Labute approximate surface area is 156 Å². The molecule has 3 rings (SSSR count). The molecular formula is C18H20ClN5O2. The Morgan fingerprint density at radius 2 is 2.08 bits per heavy atom. The minimum atomic E-state index is -0.181. The van der Waals surface area contributed by atoms with E-state index in [1.165, 1.54) is 0 Å². The average Bonchev–Trinajstić information content (AvgIpc) is 3.28. The lowest BCUT2D eigenvalue weighted by atomic mass is 10.1. The third kappa shape index (κ3) is 3.72. The zero-order valence-corrected chi connectivity index (χ0v) is 15.6. The van der Waals surface area contributed by atoms with Gasteiger partial charge in [0, 0.05) is 25.4 Å². The van der Waals surface area contributed by atoms with Crippen molar-refractivity contribution in [1.29, 1.82) is 0 Å². The first kappa shape index (κ1) is 18.0. The van der Waals surface area contributed by atoms with Gasteiger partial charge in [0.25, 0.3) is 5.91 Å². The lowest BCUT2D eigenvalue weighted by molar-refractivity contribution is 0.0777. The molecule has 7 nitrogen and oxygen atoms in total. The number of carbonyl (C=O) groups is 1. The van der Waals surface area contributed by atoms with Crippen molar-refractivity contribution in [2.75, 3.05) is 14.2 Å². The van der Waals surface area contributed by atoms with Gasteiger partial charge in [-0.05, 0) is 37.3 Å². The molecule has 0 fully saturated rings. The highest BCUT2D eigenvalue weighted by molar-refractivity contribution is 6.31. The third-order valence-electron chi connectivity index (χ3n) is 4.04. The van der Waals surface area contributed by atoms with E-state index >= 15 is 0 Å². The highest BCUT2D eigenvalue weighted by atomic mass is 35.5. The molecular weight excluding hydrogens is 354 g/mol. The van der Waals surface area contributed by atoms with Gasteiger partial charge in [-0.2, -0.15) is 10.2 Å². The first-order chi connectivity index (χ1) is 12.5. The average molecular weight is 374 g/mol. The van der Waals surface area contributed by atoms with Crippen molar-refractivity contribution in [3.63, 3.8) is 0 Å². The molecule has 3 aromatic rings. The van der Waals surface area contributed by atoms with Crippen LogP contribution >= 0.6 is 11.6 Å². The lowest BCUT2D eigenvalue weighted by Crippen LogP contribution is -2.27. The highest BCUT2D eigenvalue weighted by Crippen LogP contribution is 2.22. The van der Waals surface area contributed by atoms with Crippen LogP contribution in [0.1, 0.15) is 23.1 Å². The number of nitrogens with one attached hydrogen (secondary N) is 1. The van der Waals surface area contributed by atoms with Crippen molar-refractivity contribution >= 4 is 17.5 Å². The number of hydrogen-bond acceptors (Lipinski definition) is 4. The number of benzene rings is 1. The Kier molecular flexibility index (Phi) is 5.27. The topological polar surface area (TPSA) is 76.0 Å². The standard InChI is InChI=1S/C18H20ClN5O2/c1-4-24-10-14(19)17(22-24)11-23(2)18(25)16-9-15(20-21-16)12-5-7-13(26-3)8-6-12/h5-10H,4,11H2,1-3H3,(H,20,21). The number of aromatic amines is 1. The van der Waals surface area contributed by atoms with Crippen molar-refractivity contribution in [3.8, 4) is 17.0 Å². The Hall–Kier alpha value is -2.80. The number of H-pyrrole nitrogens is 1. The maximum atomic E-state index is 12.6. The molecule has 0 aliphatic carbocycles. The first-order valence-corrected chi connectivity index (χ1v) is 8.56. The number of amides is 1. The molecule has 1 aromatic carbocycles. The fourth-order valence-electron chi connectivity index (χ4n) is 2.55. The summed E-state index contributed by atoms with van der Waals surface area (Å²) in [6.45, 7) is 3.03. The molecule has 0 unspecified atom stereocenters. The molecule has 0 radical (unpaired) electrons. The summed E-state index contributed by atoms with van der Waals surface area (Å²) in [5, 5.41) is 11.9. The monoisotopic (exact) mass is 373 g/mol. The number of hydrogen-bond donors (Lipinski definition) is 1. The van der Waals surface area contributed by atoms with Gasteiger partial charge in [-0.15, -0.1) is 0 Å². The second kappa shape index (κ2) is 7.61. The summed E-state index contributed by atoms with van der Waals surface area (Å²) < 4.78 is 6.89. The molecule has 0 atom stereocenters. The Bertz CT molecular complexity index is 901. The highest BCUT2D eigenvalue weighted by Gasteiger charge is 2.18. The van der Waals surface area contributed by atoms with E-state index in [0.717, 1.165) is 17.9 Å². The summed E-state index contributed by atoms with van der Waals surface area (Å²) in [5.41, 5.74) is 2.66. The minimum absolute atomic E-state index is 0.181. The van der Waals surface area contributed by atoms with Gasteiger partial charge in [-0.3, -0.25) is 14.6 Å². The molecule has 2 heterocycles. The number of aromatic nitrogens is 4. The molecule has 0 aliphatic rings. The number of nitrogens with zero attached hydrogens (tertiary/aromatic N) is 4. The van der Waals surface area contributed by atoms with E-state index in [1.54, 1.807) is 36.0 Å². The maximum absolute atomic E-state index is 12.6. The molecule has 1 N–H and O–H groups in total. The summed E-state index contributed by atoms with van der Waals surface area (Å²) in [6.07, 6.45) is 1.76. The Balaban J connectivity index is 1.73. The van der Waals surface area contributed by atoms with Gasteiger partial charge in [0.15, 0.2) is 0 Å². The molecule has 136 valence electrons. The van der Waals surface area contributed by atoms with Gasteiger partial charge in [0.1, 0.15) is 17.1 Å². The van der Waals surface area contributed by atoms with Gasteiger partial charge < -0.3 is 9.64 Å². The predicted molar refractivity (Wildman–Crippen MR) is 99.3 cm³/mol. The Morgan fingerprint density at radius 3 is 2.69 bits per heavy atom. The largest absolute Gasteiger partial charge is 0.497 e. The van der Waals surface area contributed by atoms with Gasteiger partial charge in [-0.1, -0.05) is 11.6 Å². The lowest BCUT2D eigenvalue weighted by Gasteiger charge is -2.14.